The number of rotatable bonds is 6. The lowest BCUT2D eigenvalue weighted by atomic mass is 10.3. The Morgan fingerprint density at radius 1 is 1.44 bits per heavy atom. The molecule has 27 heavy (non-hydrogen) atoms. The van der Waals surface area contributed by atoms with Crippen LogP contribution in [0.2, 0.25) is 10.0 Å². The van der Waals surface area contributed by atoms with Crippen LogP contribution in [0.1, 0.15) is 6.92 Å². The van der Waals surface area contributed by atoms with E-state index in [4.69, 9.17) is 23.2 Å². The van der Waals surface area contributed by atoms with Crippen LogP contribution in [0.15, 0.2) is 52.3 Å². The van der Waals surface area contributed by atoms with E-state index in [1.54, 1.807) is 37.3 Å². The highest BCUT2D eigenvalue weighted by molar-refractivity contribution is 8.00. The van der Waals surface area contributed by atoms with E-state index in [0.717, 1.165) is 0 Å². The molecule has 1 unspecified atom stereocenters. The minimum absolute atomic E-state index is 0.136. The normalized spacial score (nSPS) is 12.1. The second-order valence-corrected chi connectivity index (χ2v) is 8.67. The van der Waals surface area contributed by atoms with Gasteiger partial charge in [-0.05, 0) is 36.6 Å². The smallest absolute Gasteiger partial charge is 0.272 e. The third-order valence-electron chi connectivity index (χ3n) is 3.68. The Bertz CT molecular complexity index is 1080. The van der Waals surface area contributed by atoms with Crippen molar-refractivity contribution in [3.05, 3.63) is 62.7 Å². The number of carbonyl (C=O) groups is 1. The van der Waals surface area contributed by atoms with Gasteiger partial charge in [0, 0.05) is 11.6 Å². The van der Waals surface area contributed by atoms with Crippen molar-refractivity contribution in [2.45, 2.75) is 23.9 Å². The predicted octanol–water partition coefficient (Wildman–Crippen LogP) is 5.07. The molecule has 1 N–H and O–H groups in total. The Hall–Kier alpha value is -1.80. The molecule has 1 amide bonds. The molecule has 1 atom stereocenters. The molecule has 0 spiro atoms. The van der Waals surface area contributed by atoms with Gasteiger partial charge < -0.3 is 5.32 Å². The number of benzene rings is 1. The molecular weight excluding hydrogens is 425 g/mol. The van der Waals surface area contributed by atoms with Crippen LogP contribution in [0.5, 0.6) is 0 Å². The SMILES string of the molecule is C=CCn1c(SC(C)C(=O)Nc2cc(Cl)ccc2Cl)nc2ccsc2c1=O. The van der Waals surface area contributed by atoms with E-state index in [1.807, 2.05) is 5.38 Å². The molecule has 5 nitrogen and oxygen atoms in total. The Morgan fingerprint density at radius 2 is 2.22 bits per heavy atom. The van der Waals surface area contributed by atoms with Crippen molar-refractivity contribution in [3.63, 3.8) is 0 Å². The van der Waals surface area contributed by atoms with Gasteiger partial charge in [0.25, 0.3) is 5.56 Å². The summed E-state index contributed by atoms with van der Waals surface area (Å²) < 4.78 is 2.11. The molecule has 2 aromatic heterocycles. The summed E-state index contributed by atoms with van der Waals surface area (Å²) in [5.41, 5.74) is 0.924. The lowest BCUT2D eigenvalue weighted by Gasteiger charge is -2.15. The van der Waals surface area contributed by atoms with Crippen LogP contribution in [-0.4, -0.2) is 20.7 Å². The molecule has 3 aromatic rings. The quantitative estimate of drug-likeness (QED) is 0.330. The maximum atomic E-state index is 12.7. The first-order valence-corrected chi connectivity index (χ1v) is 10.4. The van der Waals surface area contributed by atoms with E-state index < -0.39 is 5.25 Å². The van der Waals surface area contributed by atoms with Gasteiger partial charge in [-0.25, -0.2) is 4.98 Å². The van der Waals surface area contributed by atoms with Crippen molar-refractivity contribution in [1.29, 1.82) is 0 Å². The summed E-state index contributed by atoms with van der Waals surface area (Å²) in [5.74, 6) is -0.269. The average Bonchev–Trinajstić information content (AvgIpc) is 3.10. The summed E-state index contributed by atoms with van der Waals surface area (Å²) in [6, 6.07) is 6.64. The van der Waals surface area contributed by atoms with E-state index in [2.05, 4.69) is 16.9 Å². The van der Waals surface area contributed by atoms with Crippen LogP contribution in [0.3, 0.4) is 0 Å². The molecule has 0 saturated heterocycles. The number of fused-ring (bicyclic) bond motifs is 1. The molecule has 0 aliphatic carbocycles. The lowest BCUT2D eigenvalue weighted by Crippen LogP contribution is -2.26. The van der Waals surface area contributed by atoms with Crippen LogP contribution in [0, 0.1) is 0 Å². The molecule has 1 aromatic carbocycles. The van der Waals surface area contributed by atoms with Gasteiger partial charge in [0.15, 0.2) is 5.16 Å². The lowest BCUT2D eigenvalue weighted by molar-refractivity contribution is -0.115. The monoisotopic (exact) mass is 439 g/mol. The van der Waals surface area contributed by atoms with Crippen LogP contribution in [0.4, 0.5) is 5.69 Å². The number of hydrogen-bond acceptors (Lipinski definition) is 5. The zero-order chi connectivity index (χ0) is 19.6. The number of allylic oxidation sites excluding steroid dienone is 1. The first-order valence-electron chi connectivity index (χ1n) is 7.92. The molecule has 0 bridgehead atoms. The first kappa shape index (κ1) is 19.9. The van der Waals surface area contributed by atoms with Gasteiger partial charge in [0.2, 0.25) is 5.91 Å². The Kier molecular flexibility index (Phi) is 6.26. The maximum absolute atomic E-state index is 12.7. The van der Waals surface area contributed by atoms with Gasteiger partial charge >= 0.3 is 0 Å². The number of anilines is 1. The number of hydrogen-bond donors (Lipinski definition) is 1. The summed E-state index contributed by atoms with van der Waals surface area (Å²) in [4.78, 5) is 29.8. The van der Waals surface area contributed by atoms with E-state index >= 15 is 0 Å². The van der Waals surface area contributed by atoms with Gasteiger partial charge in [-0.2, -0.15) is 0 Å². The highest BCUT2D eigenvalue weighted by Gasteiger charge is 2.20. The molecule has 140 valence electrons. The predicted molar refractivity (Wildman–Crippen MR) is 114 cm³/mol. The Morgan fingerprint density at radius 3 is 2.96 bits per heavy atom. The zero-order valence-electron chi connectivity index (χ0n) is 14.2. The largest absolute Gasteiger partial charge is 0.324 e. The second-order valence-electron chi connectivity index (χ2n) is 5.61. The number of carbonyl (C=O) groups excluding carboxylic acids is 1. The van der Waals surface area contributed by atoms with Crippen molar-refractivity contribution in [1.82, 2.24) is 9.55 Å². The van der Waals surface area contributed by atoms with Crippen LogP contribution >= 0.6 is 46.3 Å². The van der Waals surface area contributed by atoms with E-state index in [0.29, 0.717) is 37.7 Å². The van der Waals surface area contributed by atoms with Crippen molar-refractivity contribution in [3.8, 4) is 0 Å². The van der Waals surface area contributed by atoms with Crippen molar-refractivity contribution < 1.29 is 4.79 Å². The summed E-state index contributed by atoms with van der Waals surface area (Å²) in [5, 5.41) is 5.40. The van der Waals surface area contributed by atoms with Crippen molar-refractivity contribution in [2.24, 2.45) is 0 Å². The number of nitrogens with zero attached hydrogens (tertiary/aromatic N) is 2. The summed E-state index contributed by atoms with van der Waals surface area (Å²) in [6.45, 7) is 5.75. The van der Waals surface area contributed by atoms with Crippen molar-refractivity contribution in [2.75, 3.05) is 5.32 Å². The van der Waals surface area contributed by atoms with Crippen LogP contribution in [-0.2, 0) is 11.3 Å². The molecular formula is C18H15Cl2N3O2S2. The highest BCUT2D eigenvalue weighted by atomic mass is 35.5. The maximum Gasteiger partial charge on any atom is 0.272 e. The number of amides is 1. The fourth-order valence-electron chi connectivity index (χ4n) is 2.34. The number of halogens is 2. The van der Waals surface area contributed by atoms with E-state index in [9.17, 15) is 9.59 Å². The number of nitrogens with one attached hydrogen (secondary N) is 1. The highest BCUT2D eigenvalue weighted by Crippen LogP contribution is 2.28. The minimum Gasteiger partial charge on any atom is -0.324 e. The molecule has 3 rings (SSSR count). The Balaban J connectivity index is 1.86. The third kappa shape index (κ3) is 4.38. The number of aromatic nitrogens is 2. The van der Waals surface area contributed by atoms with E-state index in [-0.39, 0.29) is 11.5 Å². The van der Waals surface area contributed by atoms with E-state index in [1.165, 1.54) is 27.7 Å². The Labute approximate surface area is 174 Å². The molecule has 2 heterocycles. The number of thiophene rings is 1. The van der Waals surface area contributed by atoms with Gasteiger partial charge in [-0.1, -0.05) is 41.0 Å². The van der Waals surface area contributed by atoms with Gasteiger partial charge in [-0.15, -0.1) is 17.9 Å². The van der Waals surface area contributed by atoms with Crippen molar-refractivity contribution >= 4 is 68.1 Å². The fraction of sp³-hybridized carbons (Fsp3) is 0.167. The van der Waals surface area contributed by atoms with Gasteiger partial charge in [0.1, 0.15) is 4.70 Å². The molecule has 0 radical (unpaired) electrons. The standard InChI is InChI=1S/C18H15Cl2N3O2S2/c1-3-7-23-17(25)15-13(6-8-26-15)22-18(23)27-10(2)16(24)21-14-9-11(19)4-5-12(14)20/h3-6,8-10H,1,7H2,2H3,(H,21,24). The topological polar surface area (TPSA) is 64.0 Å². The van der Waals surface area contributed by atoms with Gasteiger partial charge in [0.05, 0.1) is 21.5 Å². The second kappa shape index (κ2) is 8.48. The zero-order valence-corrected chi connectivity index (χ0v) is 17.4. The summed E-state index contributed by atoms with van der Waals surface area (Å²) in [6.07, 6.45) is 1.63. The molecule has 0 aliphatic heterocycles. The third-order valence-corrected chi connectivity index (χ3v) is 6.23. The minimum atomic E-state index is -0.515. The molecule has 0 saturated carbocycles. The fourth-order valence-corrected chi connectivity index (χ4v) is 4.38. The number of thioether (sulfide) groups is 1. The summed E-state index contributed by atoms with van der Waals surface area (Å²) >= 11 is 14.6. The summed E-state index contributed by atoms with van der Waals surface area (Å²) in [7, 11) is 0. The average molecular weight is 440 g/mol. The van der Waals surface area contributed by atoms with Crippen LogP contribution < -0.4 is 10.9 Å². The molecule has 9 heteroatoms. The molecule has 0 aliphatic rings. The molecule has 0 fully saturated rings. The first-order chi connectivity index (χ1) is 12.9. The van der Waals surface area contributed by atoms with Crippen LogP contribution in [0.25, 0.3) is 10.2 Å². The van der Waals surface area contributed by atoms with Gasteiger partial charge in [-0.3, -0.25) is 14.2 Å².